The first-order chi connectivity index (χ1) is 6.07. The lowest BCUT2D eigenvalue weighted by atomic mass is 10.1. The third-order valence-electron chi connectivity index (χ3n) is 1.56. The summed E-state index contributed by atoms with van der Waals surface area (Å²) in [4.78, 5) is 20.9. The second-order valence-corrected chi connectivity index (χ2v) is 2.68. The predicted molar refractivity (Wildman–Crippen MR) is 47.0 cm³/mol. The molecule has 0 fully saturated rings. The van der Waals surface area contributed by atoms with Crippen LogP contribution in [0.5, 0.6) is 0 Å². The highest BCUT2D eigenvalue weighted by atomic mass is 16.4. The number of primary amides is 1. The van der Waals surface area contributed by atoms with Gasteiger partial charge in [0.05, 0.1) is 0 Å². The summed E-state index contributed by atoms with van der Waals surface area (Å²) in [5.41, 5.74) is 10.0. The molecule has 6 N–H and O–H groups in total. The molecule has 0 aliphatic rings. The maximum absolute atomic E-state index is 10.5. The number of carbonyl (C=O) groups excluding carboxylic acids is 1. The Morgan fingerprint density at radius 3 is 2.38 bits per heavy atom. The minimum absolute atomic E-state index is 0.357. The second-order valence-electron chi connectivity index (χ2n) is 2.68. The van der Waals surface area contributed by atoms with Gasteiger partial charge in [0.2, 0.25) is 0 Å². The second kappa shape index (κ2) is 6.24. The number of urea groups is 1. The van der Waals surface area contributed by atoms with Gasteiger partial charge in [0.1, 0.15) is 6.04 Å². The lowest BCUT2D eigenvalue weighted by Crippen LogP contribution is -2.43. The largest absolute Gasteiger partial charge is 0.480 e. The molecule has 0 heterocycles. The number of carbonyl (C=O) groups is 2. The van der Waals surface area contributed by atoms with E-state index in [1.54, 1.807) is 0 Å². The van der Waals surface area contributed by atoms with Gasteiger partial charge in [0.25, 0.3) is 0 Å². The lowest BCUT2D eigenvalue weighted by Gasteiger charge is -2.11. The Kier molecular flexibility index (Phi) is 5.62. The Labute approximate surface area is 76.3 Å². The molecule has 2 amide bonds. The van der Waals surface area contributed by atoms with Crippen LogP contribution >= 0.6 is 0 Å². The molecule has 0 saturated heterocycles. The first kappa shape index (κ1) is 11.7. The molecule has 0 radical (unpaired) electrons. The number of aliphatic carboxylic acids is 1. The molecule has 76 valence electrons. The summed E-state index contributed by atoms with van der Waals surface area (Å²) < 4.78 is 0. The van der Waals surface area contributed by atoms with Crippen molar-refractivity contribution in [3.05, 3.63) is 0 Å². The van der Waals surface area contributed by atoms with Crippen LogP contribution in [0.25, 0.3) is 0 Å². The smallest absolute Gasteiger partial charge is 0.326 e. The molecule has 0 aromatic rings. The van der Waals surface area contributed by atoms with Crippen molar-refractivity contribution in [3.63, 3.8) is 0 Å². The van der Waals surface area contributed by atoms with Gasteiger partial charge in [-0.1, -0.05) is 0 Å². The molecule has 6 heteroatoms. The number of nitrogens with one attached hydrogen (secondary N) is 1. The summed E-state index contributed by atoms with van der Waals surface area (Å²) in [7, 11) is 0. The number of hydrogen-bond donors (Lipinski definition) is 4. The highest BCUT2D eigenvalue weighted by Crippen LogP contribution is 2.00. The Balaban J connectivity index is 3.81. The lowest BCUT2D eigenvalue weighted by molar-refractivity contribution is -0.139. The van der Waals surface area contributed by atoms with Crippen LogP contribution in [0.3, 0.4) is 0 Å². The number of nitrogens with two attached hydrogens (primary N) is 2. The fourth-order valence-electron chi connectivity index (χ4n) is 0.922. The Bertz CT molecular complexity index is 184. The monoisotopic (exact) mass is 189 g/mol. The van der Waals surface area contributed by atoms with Gasteiger partial charge in [0.15, 0.2) is 0 Å². The summed E-state index contributed by atoms with van der Waals surface area (Å²) in [6.45, 7) is 0.517. The molecule has 0 bridgehead atoms. The molecule has 0 rings (SSSR count). The topological polar surface area (TPSA) is 118 Å². The number of carboxylic acid groups (broad SMARTS) is 1. The van der Waals surface area contributed by atoms with Gasteiger partial charge < -0.3 is 21.9 Å². The van der Waals surface area contributed by atoms with Crippen LogP contribution in [0.1, 0.15) is 19.3 Å². The van der Waals surface area contributed by atoms with Crippen LogP contribution in [0, 0.1) is 0 Å². The first-order valence-electron chi connectivity index (χ1n) is 4.06. The predicted octanol–water partition coefficient (Wildman–Crippen LogP) is -0.763. The van der Waals surface area contributed by atoms with Crippen LogP contribution in [0.4, 0.5) is 4.79 Å². The quantitative estimate of drug-likeness (QED) is 0.410. The van der Waals surface area contributed by atoms with Crippen molar-refractivity contribution in [3.8, 4) is 0 Å². The van der Waals surface area contributed by atoms with Crippen molar-refractivity contribution < 1.29 is 14.7 Å². The summed E-state index contributed by atoms with van der Waals surface area (Å²) in [5.74, 6) is -1.07. The van der Waals surface area contributed by atoms with Crippen molar-refractivity contribution in [1.82, 2.24) is 5.32 Å². The molecular formula is C7H15N3O3. The molecule has 0 saturated carbocycles. The Morgan fingerprint density at radius 2 is 2.00 bits per heavy atom. The molecule has 1 atom stereocenters. The van der Waals surface area contributed by atoms with Crippen molar-refractivity contribution in [1.29, 1.82) is 0 Å². The molecule has 0 aromatic heterocycles. The van der Waals surface area contributed by atoms with Crippen LogP contribution in [0.2, 0.25) is 0 Å². The number of rotatable bonds is 6. The molecule has 0 unspecified atom stereocenters. The molecule has 0 aliphatic heterocycles. The van der Waals surface area contributed by atoms with E-state index >= 15 is 0 Å². The van der Waals surface area contributed by atoms with Gasteiger partial charge >= 0.3 is 12.0 Å². The summed E-state index contributed by atoms with van der Waals surface area (Å²) in [6.07, 6.45) is 1.76. The molecule has 0 aliphatic carbocycles. The molecule has 13 heavy (non-hydrogen) atoms. The molecule has 6 nitrogen and oxygen atoms in total. The van der Waals surface area contributed by atoms with Crippen LogP contribution in [-0.4, -0.2) is 29.7 Å². The van der Waals surface area contributed by atoms with E-state index < -0.39 is 18.0 Å². The maximum Gasteiger partial charge on any atom is 0.326 e. The minimum Gasteiger partial charge on any atom is -0.480 e. The van der Waals surface area contributed by atoms with E-state index in [1.807, 2.05) is 0 Å². The first-order valence-corrected chi connectivity index (χ1v) is 4.06. The zero-order valence-electron chi connectivity index (χ0n) is 7.32. The molecule has 0 aromatic carbocycles. The normalized spacial score (nSPS) is 12.1. The van der Waals surface area contributed by atoms with Gasteiger partial charge in [-0.3, -0.25) is 0 Å². The van der Waals surface area contributed by atoms with Gasteiger partial charge in [-0.05, 0) is 25.8 Å². The fraction of sp³-hybridized carbons (Fsp3) is 0.714. The standard InChI is InChI=1S/C7H15N3O3/c8-4-2-1-3-5(6(11)12)10-7(9)13/h5H,1-4,8H2,(H,11,12)(H3,9,10,13)/t5-/m0/s1. The Hall–Kier alpha value is -1.30. The number of hydrogen-bond acceptors (Lipinski definition) is 3. The SMILES string of the molecule is NCCCC[C@H](NC(N)=O)C(=O)O. The van der Waals surface area contributed by atoms with Crippen molar-refractivity contribution in [2.24, 2.45) is 11.5 Å². The molecule has 0 spiro atoms. The van der Waals surface area contributed by atoms with Crippen LogP contribution in [0.15, 0.2) is 0 Å². The van der Waals surface area contributed by atoms with Crippen molar-refractivity contribution in [2.45, 2.75) is 25.3 Å². The average molecular weight is 189 g/mol. The van der Waals surface area contributed by atoms with Gasteiger partial charge in [-0.15, -0.1) is 0 Å². The van der Waals surface area contributed by atoms with E-state index in [1.165, 1.54) is 0 Å². The van der Waals surface area contributed by atoms with Crippen molar-refractivity contribution >= 4 is 12.0 Å². The van der Waals surface area contributed by atoms with Gasteiger partial charge in [-0.25, -0.2) is 9.59 Å². The average Bonchev–Trinajstić information content (AvgIpc) is 2.02. The van der Waals surface area contributed by atoms with E-state index in [2.05, 4.69) is 5.32 Å². The van der Waals surface area contributed by atoms with E-state index in [0.717, 1.165) is 6.42 Å². The number of carboxylic acids is 1. The highest BCUT2D eigenvalue weighted by molar-refractivity contribution is 5.81. The van der Waals surface area contributed by atoms with Crippen LogP contribution < -0.4 is 16.8 Å². The number of amides is 2. The number of unbranched alkanes of at least 4 members (excludes halogenated alkanes) is 1. The Morgan fingerprint density at radius 1 is 1.38 bits per heavy atom. The maximum atomic E-state index is 10.5. The van der Waals surface area contributed by atoms with E-state index in [0.29, 0.717) is 19.4 Å². The zero-order chi connectivity index (χ0) is 10.3. The third kappa shape index (κ3) is 5.92. The highest BCUT2D eigenvalue weighted by Gasteiger charge is 2.17. The van der Waals surface area contributed by atoms with Gasteiger partial charge in [0, 0.05) is 0 Å². The third-order valence-corrected chi connectivity index (χ3v) is 1.56. The van der Waals surface area contributed by atoms with Crippen molar-refractivity contribution in [2.75, 3.05) is 6.54 Å². The minimum atomic E-state index is -1.07. The van der Waals surface area contributed by atoms with Crippen LogP contribution in [-0.2, 0) is 4.79 Å². The van der Waals surface area contributed by atoms with E-state index in [9.17, 15) is 9.59 Å². The summed E-state index contributed by atoms with van der Waals surface area (Å²) >= 11 is 0. The van der Waals surface area contributed by atoms with E-state index in [4.69, 9.17) is 16.6 Å². The van der Waals surface area contributed by atoms with E-state index in [-0.39, 0.29) is 0 Å². The fourth-order valence-corrected chi connectivity index (χ4v) is 0.922. The molecular weight excluding hydrogens is 174 g/mol. The zero-order valence-corrected chi connectivity index (χ0v) is 7.32. The summed E-state index contributed by atoms with van der Waals surface area (Å²) in [6, 6.07) is -1.72. The summed E-state index contributed by atoms with van der Waals surface area (Å²) in [5, 5.41) is 10.8. The van der Waals surface area contributed by atoms with Gasteiger partial charge in [-0.2, -0.15) is 0 Å².